The van der Waals surface area contributed by atoms with E-state index in [1.165, 1.54) is 0 Å². The molecule has 0 N–H and O–H groups in total. The lowest BCUT2D eigenvalue weighted by molar-refractivity contribution is 1.00. The molecule has 0 unspecified atom stereocenters. The lowest BCUT2D eigenvalue weighted by Gasteiger charge is -2.10. The molecule has 0 saturated heterocycles. The first-order valence-corrected chi connectivity index (χ1v) is 8.24. The van der Waals surface area contributed by atoms with Gasteiger partial charge in [-0.15, -0.1) is 0 Å². The van der Waals surface area contributed by atoms with Crippen LogP contribution in [-0.4, -0.2) is 4.57 Å². The zero-order valence-corrected chi connectivity index (χ0v) is 13.4. The summed E-state index contributed by atoms with van der Waals surface area (Å²) in [6, 6.07) is 15.5. The van der Waals surface area contributed by atoms with E-state index in [0.717, 1.165) is 27.5 Å². The topological polar surface area (TPSA) is 22.0 Å². The summed E-state index contributed by atoms with van der Waals surface area (Å²) in [4.78, 5) is 12.8. The first-order valence-electron chi connectivity index (χ1n) is 7.30. The smallest absolute Gasteiger partial charge is 0.197 e. The van der Waals surface area contributed by atoms with Crippen molar-refractivity contribution < 1.29 is 0 Å². The van der Waals surface area contributed by atoms with E-state index in [-0.39, 0.29) is 5.43 Å². The van der Waals surface area contributed by atoms with Gasteiger partial charge in [-0.2, -0.15) is 11.3 Å². The summed E-state index contributed by atoms with van der Waals surface area (Å²) in [7, 11) is 1.99. The van der Waals surface area contributed by atoms with Gasteiger partial charge in [0.15, 0.2) is 5.43 Å². The highest BCUT2D eigenvalue weighted by molar-refractivity contribution is 7.08. The molecule has 4 rings (SSSR count). The van der Waals surface area contributed by atoms with Crippen LogP contribution < -0.4 is 5.43 Å². The fourth-order valence-electron chi connectivity index (χ4n) is 2.80. The second kappa shape index (κ2) is 5.42. The van der Waals surface area contributed by atoms with Crippen LogP contribution in [-0.2, 0) is 7.05 Å². The maximum atomic E-state index is 12.8. The van der Waals surface area contributed by atoms with E-state index >= 15 is 0 Å². The molecule has 0 aliphatic heterocycles. The molecule has 0 amide bonds. The third kappa shape index (κ3) is 2.34. The van der Waals surface area contributed by atoms with Crippen molar-refractivity contribution in [1.82, 2.24) is 4.57 Å². The maximum absolute atomic E-state index is 12.8. The van der Waals surface area contributed by atoms with E-state index in [2.05, 4.69) is 16.4 Å². The van der Waals surface area contributed by atoms with Crippen LogP contribution in [0.3, 0.4) is 0 Å². The van der Waals surface area contributed by atoms with Crippen LogP contribution >= 0.6 is 11.3 Å². The summed E-state index contributed by atoms with van der Waals surface area (Å²) in [6.45, 7) is 0. The van der Waals surface area contributed by atoms with Crippen LogP contribution in [0.4, 0.5) is 0 Å². The van der Waals surface area contributed by atoms with Crippen molar-refractivity contribution in [3.63, 3.8) is 0 Å². The molecule has 0 fully saturated rings. The van der Waals surface area contributed by atoms with Crippen LogP contribution in [0.25, 0.3) is 21.8 Å². The maximum Gasteiger partial charge on any atom is 0.197 e. The van der Waals surface area contributed by atoms with Gasteiger partial charge >= 0.3 is 0 Å². The van der Waals surface area contributed by atoms with Crippen molar-refractivity contribution in [3.8, 4) is 11.8 Å². The van der Waals surface area contributed by atoms with E-state index in [1.54, 1.807) is 11.3 Å². The predicted octanol–water partition coefficient (Wildman–Crippen LogP) is 4.15. The number of aromatic nitrogens is 1. The monoisotopic (exact) mass is 315 g/mol. The number of hydrogen-bond acceptors (Lipinski definition) is 2. The lowest BCUT2D eigenvalue weighted by atomic mass is 10.1. The molecule has 2 aromatic heterocycles. The van der Waals surface area contributed by atoms with Crippen molar-refractivity contribution in [2.75, 3.05) is 0 Å². The molecule has 0 spiro atoms. The summed E-state index contributed by atoms with van der Waals surface area (Å²) in [5.41, 5.74) is 3.79. The third-order valence-corrected chi connectivity index (χ3v) is 4.67. The van der Waals surface area contributed by atoms with Crippen LogP contribution in [0.5, 0.6) is 0 Å². The zero-order valence-electron chi connectivity index (χ0n) is 12.5. The van der Waals surface area contributed by atoms with E-state index in [0.29, 0.717) is 5.39 Å². The average molecular weight is 315 g/mol. The number of para-hydroxylation sites is 1. The Balaban J connectivity index is 1.97. The lowest BCUT2D eigenvalue weighted by Crippen LogP contribution is -2.09. The molecule has 110 valence electrons. The van der Waals surface area contributed by atoms with Crippen molar-refractivity contribution in [2.24, 2.45) is 7.05 Å². The molecule has 0 aliphatic carbocycles. The molecular weight excluding hydrogens is 302 g/mol. The van der Waals surface area contributed by atoms with Crippen LogP contribution in [0.15, 0.2) is 64.1 Å². The largest absolute Gasteiger partial charge is 0.343 e. The molecule has 23 heavy (non-hydrogen) atoms. The molecule has 2 nitrogen and oxygen atoms in total. The number of fused-ring (bicyclic) bond motifs is 2. The molecule has 0 aliphatic rings. The van der Waals surface area contributed by atoms with Gasteiger partial charge in [-0.25, -0.2) is 0 Å². The Morgan fingerprint density at radius 2 is 1.70 bits per heavy atom. The van der Waals surface area contributed by atoms with Crippen LogP contribution in [0, 0.1) is 11.8 Å². The Labute approximate surface area is 137 Å². The highest BCUT2D eigenvalue weighted by Gasteiger charge is 2.08. The van der Waals surface area contributed by atoms with Gasteiger partial charge in [0, 0.05) is 34.3 Å². The summed E-state index contributed by atoms with van der Waals surface area (Å²) in [6.07, 6.45) is 0. The normalized spacial score (nSPS) is 10.7. The van der Waals surface area contributed by atoms with Gasteiger partial charge < -0.3 is 4.57 Å². The Morgan fingerprint density at radius 1 is 0.913 bits per heavy atom. The summed E-state index contributed by atoms with van der Waals surface area (Å²) in [5.74, 6) is 6.27. The molecule has 0 radical (unpaired) electrons. The van der Waals surface area contributed by atoms with Crippen LogP contribution in [0.2, 0.25) is 0 Å². The first-order chi connectivity index (χ1) is 11.2. The van der Waals surface area contributed by atoms with Gasteiger partial charge in [-0.1, -0.05) is 24.0 Å². The quantitative estimate of drug-likeness (QED) is 0.353. The van der Waals surface area contributed by atoms with Gasteiger partial charge in [-0.3, -0.25) is 4.79 Å². The zero-order chi connectivity index (χ0) is 15.8. The number of nitrogens with zero attached hydrogens (tertiary/aromatic N) is 1. The molecular formula is C20H13NOS. The molecule has 2 heterocycles. The molecule has 3 heteroatoms. The Bertz CT molecular complexity index is 1140. The first kappa shape index (κ1) is 13.8. The van der Waals surface area contributed by atoms with Gasteiger partial charge in [-0.05, 0) is 41.8 Å². The number of thiophene rings is 1. The average Bonchev–Trinajstić information content (AvgIpc) is 3.11. The predicted molar refractivity (Wildman–Crippen MR) is 97.0 cm³/mol. The van der Waals surface area contributed by atoms with Gasteiger partial charge in [0.05, 0.1) is 11.0 Å². The summed E-state index contributed by atoms with van der Waals surface area (Å²) < 4.78 is 2.06. The molecule has 2 aromatic carbocycles. The molecule has 0 atom stereocenters. The Morgan fingerprint density at radius 3 is 2.52 bits per heavy atom. The Kier molecular flexibility index (Phi) is 3.25. The standard InChI is InChI=1S/C20H13NOS/c1-21-18-5-3-2-4-16(18)20(22)17-12-14(8-9-19(17)21)6-7-15-10-11-23-13-15/h2-5,8-13H,1H3. The SMILES string of the molecule is Cn1c2ccccc2c(=O)c2cc(C#Cc3ccsc3)ccc21. The van der Waals surface area contributed by atoms with Crippen molar-refractivity contribution in [2.45, 2.75) is 0 Å². The van der Waals surface area contributed by atoms with Gasteiger partial charge in [0.2, 0.25) is 0 Å². The number of pyridine rings is 1. The second-order valence-electron chi connectivity index (χ2n) is 5.40. The minimum atomic E-state index is 0.0629. The fourth-order valence-corrected chi connectivity index (χ4v) is 3.39. The van der Waals surface area contributed by atoms with Gasteiger partial charge in [0.1, 0.15) is 0 Å². The molecule has 0 saturated carbocycles. The van der Waals surface area contributed by atoms with E-state index in [4.69, 9.17) is 0 Å². The van der Waals surface area contributed by atoms with Crippen LogP contribution in [0.1, 0.15) is 11.1 Å². The fraction of sp³-hybridized carbons (Fsp3) is 0.0500. The number of benzene rings is 2. The number of aryl methyl sites for hydroxylation is 1. The molecule has 4 aromatic rings. The second-order valence-corrected chi connectivity index (χ2v) is 6.18. The highest BCUT2D eigenvalue weighted by atomic mass is 32.1. The minimum absolute atomic E-state index is 0.0629. The van der Waals surface area contributed by atoms with E-state index < -0.39 is 0 Å². The number of hydrogen-bond donors (Lipinski definition) is 0. The van der Waals surface area contributed by atoms with E-state index in [9.17, 15) is 4.79 Å². The minimum Gasteiger partial charge on any atom is -0.343 e. The third-order valence-electron chi connectivity index (χ3n) is 3.98. The van der Waals surface area contributed by atoms with Crippen molar-refractivity contribution >= 4 is 33.1 Å². The van der Waals surface area contributed by atoms with Crippen molar-refractivity contribution in [1.29, 1.82) is 0 Å². The van der Waals surface area contributed by atoms with E-state index in [1.807, 2.05) is 66.3 Å². The number of rotatable bonds is 0. The molecule has 0 bridgehead atoms. The summed E-state index contributed by atoms with van der Waals surface area (Å²) >= 11 is 1.63. The summed E-state index contributed by atoms with van der Waals surface area (Å²) in [5, 5.41) is 5.47. The Hall–Kier alpha value is -2.83. The van der Waals surface area contributed by atoms with Gasteiger partial charge in [0.25, 0.3) is 0 Å². The van der Waals surface area contributed by atoms with Crippen molar-refractivity contribution in [3.05, 3.63) is 80.6 Å². The highest BCUT2D eigenvalue weighted by Crippen LogP contribution is 2.18.